The quantitative estimate of drug-likeness (QED) is 0.448. The van der Waals surface area contributed by atoms with Crippen molar-refractivity contribution in [2.45, 2.75) is 18.2 Å². The molecule has 0 radical (unpaired) electrons. The van der Waals surface area contributed by atoms with Gasteiger partial charge >= 0.3 is 0 Å². The molecule has 0 aliphatic carbocycles. The smallest absolute Gasteiger partial charge is 0.270 e. The van der Waals surface area contributed by atoms with E-state index in [2.05, 4.69) is 9.62 Å². The second kappa shape index (κ2) is 7.82. The van der Waals surface area contributed by atoms with Crippen LogP contribution in [0.25, 0.3) is 0 Å². The Morgan fingerprint density at radius 3 is 2.70 bits per heavy atom. The maximum Gasteiger partial charge on any atom is 0.270 e. The molecule has 8 nitrogen and oxygen atoms in total. The minimum absolute atomic E-state index is 0.0435. The number of sulfonamides is 1. The summed E-state index contributed by atoms with van der Waals surface area (Å²) in [6.45, 7) is 5.83. The average molecular weight is 343 g/mol. The fourth-order valence-corrected chi connectivity index (χ4v) is 3.74. The number of hydrogen-bond donors (Lipinski definition) is 1. The van der Waals surface area contributed by atoms with E-state index >= 15 is 0 Å². The van der Waals surface area contributed by atoms with Crippen molar-refractivity contribution in [2.24, 2.45) is 0 Å². The zero-order chi connectivity index (χ0) is 16.9. The van der Waals surface area contributed by atoms with Gasteiger partial charge in [0.2, 0.25) is 10.0 Å². The maximum absolute atomic E-state index is 12.3. The van der Waals surface area contributed by atoms with Gasteiger partial charge in [0.15, 0.2) is 0 Å². The first kappa shape index (κ1) is 17.8. The van der Waals surface area contributed by atoms with Gasteiger partial charge in [-0.25, -0.2) is 13.1 Å². The molecule has 1 aliphatic rings. The molecule has 1 fully saturated rings. The number of non-ortho nitro benzene ring substituents is 1. The zero-order valence-corrected chi connectivity index (χ0v) is 13.8. The van der Waals surface area contributed by atoms with Crippen LogP contribution in [0.5, 0.6) is 0 Å². The third-order valence-electron chi connectivity index (χ3n) is 3.72. The van der Waals surface area contributed by atoms with Crippen LogP contribution in [0.15, 0.2) is 23.1 Å². The first-order chi connectivity index (χ1) is 10.9. The highest BCUT2D eigenvalue weighted by molar-refractivity contribution is 7.89. The van der Waals surface area contributed by atoms with Crippen LogP contribution in [0.1, 0.15) is 12.0 Å². The third-order valence-corrected chi connectivity index (χ3v) is 5.32. The summed E-state index contributed by atoms with van der Waals surface area (Å²) >= 11 is 0. The number of nitro groups is 1. The Balaban J connectivity index is 1.93. The first-order valence-corrected chi connectivity index (χ1v) is 8.93. The van der Waals surface area contributed by atoms with E-state index < -0.39 is 14.9 Å². The summed E-state index contributed by atoms with van der Waals surface area (Å²) in [5.74, 6) is 0. The fraction of sp³-hybridized carbons (Fsp3) is 0.571. The Morgan fingerprint density at radius 2 is 2.04 bits per heavy atom. The Labute approximate surface area is 135 Å². The summed E-state index contributed by atoms with van der Waals surface area (Å²) in [6.07, 6.45) is 0.674. The summed E-state index contributed by atoms with van der Waals surface area (Å²) in [4.78, 5) is 12.4. The Kier molecular flexibility index (Phi) is 6.05. The highest BCUT2D eigenvalue weighted by Crippen LogP contribution is 2.21. The van der Waals surface area contributed by atoms with Crippen molar-refractivity contribution < 1.29 is 18.1 Å². The normalized spacial score (nSPS) is 16.4. The van der Waals surface area contributed by atoms with Gasteiger partial charge in [-0.3, -0.25) is 15.0 Å². The van der Waals surface area contributed by atoms with Crippen molar-refractivity contribution in [1.82, 2.24) is 9.62 Å². The van der Waals surface area contributed by atoms with Crippen LogP contribution in [0, 0.1) is 17.0 Å². The van der Waals surface area contributed by atoms with E-state index in [9.17, 15) is 18.5 Å². The number of nitro benzene ring substituents is 1. The van der Waals surface area contributed by atoms with Crippen LogP contribution in [-0.4, -0.2) is 57.6 Å². The number of nitrogens with one attached hydrogen (secondary N) is 1. The van der Waals surface area contributed by atoms with Gasteiger partial charge in [0.1, 0.15) is 0 Å². The molecule has 0 amide bonds. The third kappa shape index (κ3) is 4.96. The summed E-state index contributed by atoms with van der Waals surface area (Å²) in [6, 6.07) is 3.84. The molecule has 1 N–H and O–H groups in total. The van der Waals surface area contributed by atoms with E-state index in [0.29, 0.717) is 31.7 Å². The van der Waals surface area contributed by atoms with Crippen LogP contribution in [-0.2, 0) is 14.8 Å². The largest absolute Gasteiger partial charge is 0.379 e. The van der Waals surface area contributed by atoms with E-state index in [1.807, 2.05) is 0 Å². The van der Waals surface area contributed by atoms with Crippen molar-refractivity contribution in [3.63, 3.8) is 0 Å². The van der Waals surface area contributed by atoms with Gasteiger partial charge in [-0.2, -0.15) is 0 Å². The van der Waals surface area contributed by atoms with Crippen LogP contribution in [0.2, 0.25) is 0 Å². The van der Waals surface area contributed by atoms with Gasteiger partial charge in [-0.15, -0.1) is 0 Å². The molecule has 0 saturated carbocycles. The van der Waals surface area contributed by atoms with Gasteiger partial charge < -0.3 is 4.74 Å². The number of morpholine rings is 1. The highest BCUT2D eigenvalue weighted by atomic mass is 32.2. The van der Waals surface area contributed by atoms with E-state index in [-0.39, 0.29) is 10.6 Å². The van der Waals surface area contributed by atoms with Gasteiger partial charge in [0.05, 0.1) is 23.0 Å². The number of hydrogen-bond acceptors (Lipinski definition) is 6. The minimum atomic E-state index is -3.75. The lowest BCUT2D eigenvalue weighted by atomic mass is 10.2. The lowest BCUT2D eigenvalue weighted by Gasteiger charge is -2.26. The van der Waals surface area contributed by atoms with Crippen LogP contribution < -0.4 is 4.72 Å². The number of benzene rings is 1. The summed E-state index contributed by atoms with van der Waals surface area (Å²) in [5, 5.41) is 10.8. The molecule has 0 spiro atoms. The van der Waals surface area contributed by atoms with Gasteiger partial charge in [0.25, 0.3) is 5.69 Å². The number of rotatable bonds is 7. The standard InChI is InChI=1S/C14H21N3O5S/c1-12-3-4-13(17(18)19)11-14(12)23(20,21)15-5-2-6-16-7-9-22-10-8-16/h3-4,11,15H,2,5-10H2,1H3. The number of aryl methyl sites for hydroxylation is 1. The fourth-order valence-electron chi connectivity index (χ4n) is 2.40. The molecule has 0 atom stereocenters. The molecule has 0 unspecified atom stereocenters. The molecule has 1 heterocycles. The monoisotopic (exact) mass is 343 g/mol. The first-order valence-electron chi connectivity index (χ1n) is 7.45. The SMILES string of the molecule is Cc1ccc([N+](=O)[O-])cc1S(=O)(=O)NCCCN1CCOCC1. The van der Waals surface area contributed by atoms with Gasteiger partial charge in [0, 0.05) is 31.8 Å². The number of ether oxygens (including phenoxy) is 1. The molecule has 1 aliphatic heterocycles. The van der Waals surface area contributed by atoms with E-state index in [1.165, 1.54) is 12.1 Å². The topological polar surface area (TPSA) is 102 Å². The molecule has 9 heteroatoms. The lowest BCUT2D eigenvalue weighted by Crippen LogP contribution is -2.38. The summed E-state index contributed by atoms with van der Waals surface area (Å²) in [7, 11) is -3.75. The second-order valence-corrected chi connectivity index (χ2v) is 7.15. The molecule has 128 valence electrons. The summed E-state index contributed by atoms with van der Waals surface area (Å²) < 4.78 is 32.4. The van der Waals surface area contributed by atoms with Gasteiger partial charge in [-0.1, -0.05) is 6.07 Å². The van der Waals surface area contributed by atoms with E-state index in [0.717, 1.165) is 25.7 Å². The van der Waals surface area contributed by atoms with Crippen molar-refractivity contribution in [3.8, 4) is 0 Å². The molecule has 2 rings (SSSR count). The predicted octanol–water partition coefficient (Wildman–Crippen LogP) is 0.904. The van der Waals surface area contributed by atoms with Crippen molar-refractivity contribution in [3.05, 3.63) is 33.9 Å². The van der Waals surface area contributed by atoms with Crippen molar-refractivity contribution >= 4 is 15.7 Å². The number of nitrogens with zero attached hydrogens (tertiary/aromatic N) is 2. The lowest BCUT2D eigenvalue weighted by molar-refractivity contribution is -0.385. The van der Waals surface area contributed by atoms with Crippen LogP contribution in [0.4, 0.5) is 5.69 Å². The maximum atomic E-state index is 12.3. The molecule has 1 aromatic rings. The second-order valence-electron chi connectivity index (χ2n) is 5.41. The molecule has 23 heavy (non-hydrogen) atoms. The Morgan fingerprint density at radius 1 is 1.35 bits per heavy atom. The molecule has 1 aromatic carbocycles. The van der Waals surface area contributed by atoms with Crippen molar-refractivity contribution in [2.75, 3.05) is 39.4 Å². The molecule has 0 aromatic heterocycles. The molecular weight excluding hydrogens is 322 g/mol. The average Bonchev–Trinajstić information content (AvgIpc) is 2.52. The Hall–Kier alpha value is -1.55. The summed E-state index contributed by atoms with van der Waals surface area (Å²) in [5.41, 5.74) is 0.251. The predicted molar refractivity (Wildman–Crippen MR) is 84.9 cm³/mol. The molecule has 1 saturated heterocycles. The zero-order valence-electron chi connectivity index (χ0n) is 13.0. The molecular formula is C14H21N3O5S. The van der Waals surface area contributed by atoms with Crippen LogP contribution >= 0.6 is 0 Å². The minimum Gasteiger partial charge on any atom is -0.379 e. The molecule has 0 bridgehead atoms. The van der Waals surface area contributed by atoms with Gasteiger partial charge in [-0.05, 0) is 25.5 Å². The highest BCUT2D eigenvalue weighted by Gasteiger charge is 2.20. The van der Waals surface area contributed by atoms with Crippen LogP contribution in [0.3, 0.4) is 0 Å². The van der Waals surface area contributed by atoms with E-state index in [1.54, 1.807) is 6.92 Å². The van der Waals surface area contributed by atoms with Crippen molar-refractivity contribution in [1.29, 1.82) is 0 Å². The Bertz CT molecular complexity index is 656. The van der Waals surface area contributed by atoms with E-state index in [4.69, 9.17) is 4.74 Å².